The van der Waals surface area contributed by atoms with E-state index in [1.165, 1.54) is 12.5 Å². The van der Waals surface area contributed by atoms with Crippen LogP contribution in [-0.4, -0.2) is 16.7 Å². The molecule has 5 heteroatoms. The molecule has 4 nitrogen and oxygen atoms in total. The Hall–Kier alpha value is -1.75. The van der Waals surface area contributed by atoms with Crippen molar-refractivity contribution in [3.05, 3.63) is 36.0 Å². The van der Waals surface area contributed by atoms with E-state index in [1.54, 1.807) is 18.2 Å². The topological polar surface area (TPSA) is 64.9 Å². The third-order valence-corrected chi connectivity index (χ3v) is 3.96. The van der Waals surface area contributed by atoms with Gasteiger partial charge in [0.2, 0.25) is 11.7 Å². The van der Waals surface area contributed by atoms with Crippen molar-refractivity contribution in [2.24, 2.45) is 11.1 Å². The van der Waals surface area contributed by atoms with Gasteiger partial charge in [0.1, 0.15) is 5.82 Å². The summed E-state index contributed by atoms with van der Waals surface area (Å²) in [5.41, 5.74) is 6.29. The van der Waals surface area contributed by atoms with Gasteiger partial charge in [-0.2, -0.15) is 4.98 Å². The largest absolute Gasteiger partial charge is 0.339 e. The van der Waals surface area contributed by atoms with Gasteiger partial charge in [-0.1, -0.05) is 23.7 Å². The number of rotatable bonds is 4. The Bertz CT molecular complexity index is 572. The molecule has 0 amide bonds. The van der Waals surface area contributed by atoms with Crippen LogP contribution in [0.15, 0.2) is 28.8 Å². The fraction of sp³-hybridized carbons (Fsp3) is 0.429. The monoisotopic (exact) mass is 261 g/mol. The van der Waals surface area contributed by atoms with E-state index in [0.29, 0.717) is 30.2 Å². The molecule has 19 heavy (non-hydrogen) atoms. The van der Waals surface area contributed by atoms with Crippen LogP contribution in [0.3, 0.4) is 0 Å². The molecule has 0 bridgehead atoms. The molecule has 1 fully saturated rings. The van der Waals surface area contributed by atoms with Gasteiger partial charge in [-0.3, -0.25) is 0 Å². The summed E-state index contributed by atoms with van der Waals surface area (Å²) in [6.07, 6.45) is 4.08. The minimum absolute atomic E-state index is 0.110. The quantitative estimate of drug-likeness (QED) is 0.918. The molecule has 0 spiro atoms. The second kappa shape index (κ2) is 4.74. The number of hydrogen-bond acceptors (Lipinski definition) is 4. The molecule has 1 aromatic heterocycles. The van der Waals surface area contributed by atoms with Crippen molar-refractivity contribution in [1.82, 2.24) is 10.1 Å². The summed E-state index contributed by atoms with van der Waals surface area (Å²) in [5.74, 6) is 0.509. The molecule has 2 N–H and O–H groups in total. The Morgan fingerprint density at radius 3 is 2.74 bits per heavy atom. The number of nitrogens with two attached hydrogens (primary N) is 1. The second-order valence-electron chi connectivity index (χ2n) is 5.23. The normalized spacial score (nSPS) is 17.2. The summed E-state index contributed by atoms with van der Waals surface area (Å²) in [6, 6.07) is 6.42. The lowest BCUT2D eigenvalue weighted by Crippen LogP contribution is -2.39. The Balaban J connectivity index is 1.82. The molecule has 2 aromatic rings. The molecule has 100 valence electrons. The molecule has 0 aliphatic heterocycles. The highest BCUT2D eigenvalue weighted by molar-refractivity contribution is 5.54. The molecule has 0 saturated heterocycles. The number of hydrogen-bond donors (Lipinski definition) is 1. The zero-order chi connectivity index (χ0) is 13.3. The van der Waals surface area contributed by atoms with E-state index in [4.69, 9.17) is 10.3 Å². The third kappa shape index (κ3) is 2.26. The van der Waals surface area contributed by atoms with Gasteiger partial charge in [0, 0.05) is 6.42 Å². The number of halogens is 1. The summed E-state index contributed by atoms with van der Waals surface area (Å²) in [6.45, 7) is 0.629. The fourth-order valence-electron chi connectivity index (χ4n) is 2.53. The van der Waals surface area contributed by atoms with Crippen LogP contribution in [0, 0.1) is 11.2 Å². The van der Waals surface area contributed by atoms with Gasteiger partial charge in [0.05, 0.1) is 5.56 Å². The third-order valence-electron chi connectivity index (χ3n) is 3.96. The van der Waals surface area contributed by atoms with Gasteiger partial charge in [0.25, 0.3) is 0 Å². The van der Waals surface area contributed by atoms with Crippen LogP contribution in [0.25, 0.3) is 11.4 Å². The zero-order valence-corrected chi connectivity index (χ0v) is 10.6. The van der Waals surface area contributed by atoms with E-state index in [0.717, 1.165) is 12.8 Å². The summed E-state index contributed by atoms with van der Waals surface area (Å²) in [4.78, 5) is 4.28. The molecule has 1 aliphatic carbocycles. The van der Waals surface area contributed by atoms with Crippen LogP contribution >= 0.6 is 0 Å². The Kier molecular flexibility index (Phi) is 3.06. The molecule has 0 unspecified atom stereocenters. The van der Waals surface area contributed by atoms with Gasteiger partial charge in [0.15, 0.2) is 0 Å². The van der Waals surface area contributed by atoms with E-state index in [9.17, 15) is 4.39 Å². The molecule has 1 heterocycles. The lowest BCUT2D eigenvalue weighted by Gasteiger charge is -2.39. The standard InChI is InChI=1S/C14H16FN3O/c15-11-5-2-1-4-10(11)13-17-12(19-18-13)8-14(9-16)6-3-7-14/h1-2,4-5H,3,6-9,16H2. The highest BCUT2D eigenvalue weighted by atomic mass is 19.1. The predicted molar refractivity (Wildman–Crippen MR) is 68.7 cm³/mol. The van der Waals surface area contributed by atoms with E-state index in [-0.39, 0.29) is 11.2 Å². The van der Waals surface area contributed by atoms with Crippen LogP contribution < -0.4 is 5.73 Å². The van der Waals surface area contributed by atoms with Gasteiger partial charge in [-0.25, -0.2) is 4.39 Å². The van der Waals surface area contributed by atoms with Crippen molar-refractivity contribution < 1.29 is 8.91 Å². The van der Waals surface area contributed by atoms with Crippen molar-refractivity contribution in [2.45, 2.75) is 25.7 Å². The van der Waals surface area contributed by atoms with E-state index in [1.807, 2.05) is 0 Å². The summed E-state index contributed by atoms with van der Waals surface area (Å²) >= 11 is 0. The Labute approximate surface area is 110 Å². The summed E-state index contributed by atoms with van der Waals surface area (Å²) < 4.78 is 18.8. The minimum Gasteiger partial charge on any atom is -0.339 e. The van der Waals surface area contributed by atoms with Gasteiger partial charge < -0.3 is 10.3 Å². The lowest BCUT2D eigenvalue weighted by atomic mass is 9.67. The molecule has 1 aliphatic rings. The van der Waals surface area contributed by atoms with Crippen molar-refractivity contribution in [3.8, 4) is 11.4 Å². The van der Waals surface area contributed by atoms with Crippen LogP contribution in [0.2, 0.25) is 0 Å². The highest BCUT2D eigenvalue weighted by Gasteiger charge is 2.37. The minimum atomic E-state index is -0.341. The molecule has 0 atom stereocenters. The van der Waals surface area contributed by atoms with E-state index < -0.39 is 0 Å². The molecule has 3 rings (SSSR count). The van der Waals surface area contributed by atoms with E-state index in [2.05, 4.69) is 10.1 Å². The maximum Gasteiger partial charge on any atom is 0.227 e. The van der Waals surface area contributed by atoms with Gasteiger partial charge in [-0.15, -0.1) is 0 Å². The molecule has 0 radical (unpaired) electrons. The van der Waals surface area contributed by atoms with Crippen molar-refractivity contribution in [1.29, 1.82) is 0 Å². The maximum atomic E-state index is 13.6. The molecular weight excluding hydrogens is 245 g/mol. The average Bonchev–Trinajstić information content (AvgIpc) is 2.83. The van der Waals surface area contributed by atoms with Crippen molar-refractivity contribution >= 4 is 0 Å². The summed E-state index contributed by atoms with van der Waals surface area (Å²) in [7, 11) is 0. The number of benzene rings is 1. The van der Waals surface area contributed by atoms with Crippen molar-refractivity contribution in [3.63, 3.8) is 0 Å². The van der Waals surface area contributed by atoms with Crippen LogP contribution in [0.1, 0.15) is 25.2 Å². The van der Waals surface area contributed by atoms with Crippen LogP contribution in [-0.2, 0) is 6.42 Å². The van der Waals surface area contributed by atoms with Gasteiger partial charge >= 0.3 is 0 Å². The fourth-order valence-corrected chi connectivity index (χ4v) is 2.53. The first-order valence-electron chi connectivity index (χ1n) is 6.50. The lowest BCUT2D eigenvalue weighted by molar-refractivity contribution is 0.129. The second-order valence-corrected chi connectivity index (χ2v) is 5.23. The SMILES string of the molecule is NCC1(Cc2nc(-c3ccccc3F)no2)CCC1. The van der Waals surface area contributed by atoms with Crippen LogP contribution in [0.4, 0.5) is 4.39 Å². The number of nitrogens with zero attached hydrogens (tertiary/aromatic N) is 2. The average molecular weight is 261 g/mol. The number of aromatic nitrogens is 2. The molecule has 1 saturated carbocycles. The Morgan fingerprint density at radius 1 is 1.32 bits per heavy atom. The first-order chi connectivity index (χ1) is 9.22. The maximum absolute atomic E-state index is 13.6. The predicted octanol–water partition coefficient (Wildman–Crippen LogP) is 2.55. The van der Waals surface area contributed by atoms with Crippen molar-refractivity contribution in [2.75, 3.05) is 6.54 Å². The van der Waals surface area contributed by atoms with Gasteiger partial charge in [-0.05, 0) is 36.9 Å². The first-order valence-corrected chi connectivity index (χ1v) is 6.50. The highest BCUT2D eigenvalue weighted by Crippen LogP contribution is 2.42. The van der Waals surface area contributed by atoms with E-state index >= 15 is 0 Å². The smallest absolute Gasteiger partial charge is 0.227 e. The first kappa shape index (κ1) is 12.3. The van der Waals surface area contributed by atoms with Crippen LogP contribution in [0.5, 0.6) is 0 Å². The molecular formula is C14H16FN3O. The molecule has 1 aromatic carbocycles. The Morgan fingerprint density at radius 2 is 2.11 bits per heavy atom. The zero-order valence-electron chi connectivity index (χ0n) is 10.6. The summed E-state index contributed by atoms with van der Waals surface area (Å²) in [5, 5.41) is 3.86.